The third-order valence-corrected chi connectivity index (χ3v) is 2.83. The summed E-state index contributed by atoms with van der Waals surface area (Å²) in [5.41, 5.74) is 1.36. The lowest BCUT2D eigenvalue weighted by atomic mass is 10.1. The Labute approximate surface area is 108 Å². The van der Waals surface area contributed by atoms with Gasteiger partial charge in [-0.25, -0.2) is 4.39 Å². The van der Waals surface area contributed by atoms with Crippen LogP contribution in [-0.2, 0) is 16.0 Å². The van der Waals surface area contributed by atoms with E-state index in [1.54, 1.807) is 12.3 Å². The first-order chi connectivity index (χ1) is 8.97. The molecule has 0 radical (unpaired) electrons. The average Bonchev–Trinajstić information content (AvgIpc) is 2.71. The minimum atomic E-state index is -1.10. The van der Waals surface area contributed by atoms with Crippen molar-refractivity contribution in [2.24, 2.45) is 0 Å². The Hall–Kier alpha value is -2.37. The maximum atomic E-state index is 13.2. The van der Waals surface area contributed by atoms with E-state index in [1.165, 1.54) is 19.1 Å². The molecule has 0 unspecified atom stereocenters. The number of carbonyl (C=O) groups excluding carboxylic acids is 1. The molecule has 1 heterocycles. The molecule has 0 spiro atoms. The minimum absolute atomic E-state index is 0.00106. The molecule has 0 saturated heterocycles. The quantitative estimate of drug-likeness (QED) is 0.781. The summed E-state index contributed by atoms with van der Waals surface area (Å²) >= 11 is 0. The van der Waals surface area contributed by atoms with Gasteiger partial charge in [0.25, 0.3) is 0 Å². The maximum absolute atomic E-state index is 13.2. The van der Waals surface area contributed by atoms with E-state index in [2.05, 4.69) is 10.3 Å². The van der Waals surface area contributed by atoms with Crippen molar-refractivity contribution < 1.29 is 19.1 Å². The number of amides is 1. The maximum Gasteiger partial charge on any atom is 0.325 e. The number of benzene rings is 1. The monoisotopic (exact) mass is 264 g/mol. The van der Waals surface area contributed by atoms with Crippen molar-refractivity contribution in [3.8, 4) is 0 Å². The van der Waals surface area contributed by atoms with Gasteiger partial charge < -0.3 is 15.4 Å². The molecular formula is C13H13FN2O3. The zero-order valence-corrected chi connectivity index (χ0v) is 10.2. The largest absolute Gasteiger partial charge is 0.480 e. The van der Waals surface area contributed by atoms with Crippen LogP contribution in [0.1, 0.15) is 12.5 Å². The van der Waals surface area contributed by atoms with Crippen LogP contribution in [0.5, 0.6) is 0 Å². The molecule has 0 aliphatic rings. The van der Waals surface area contributed by atoms with Crippen molar-refractivity contribution in [1.29, 1.82) is 0 Å². The van der Waals surface area contributed by atoms with E-state index in [1.807, 2.05) is 0 Å². The van der Waals surface area contributed by atoms with Crippen LogP contribution in [-0.4, -0.2) is 28.0 Å². The Bertz CT molecular complexity index is 636. The molecule has 1 aromatic heterocycles. The highest BCUT2D eigenvalue weighted by Crippen LogP contribution is 2.19. The smallest absolute Gasteiger partial charge is 0.325 e. The number of rotatable bonds is 4. The van der Waals surface area contributed by atoms with Crippen LogP contribution in [0.2, 0.25) is 0 Å². The van der Waals surface area contributed by atoms with Gasteiger partial charge in [0.05, 0.1) is 6.42 Å². The highest BCUT2D eigenvalue weighted by Gasteiger charge is 2.15. The number of hydrogen-bond donors (Lipinski definition) is 3. The van der Waals surface area contributed by atoms with Gasteiger partial charge in [-0.2, -0.15) is 0 Å². The van der Waals surface area contributed by atoms with Crippen molar-refractivity contribution in [2.75, 3.05) is 0 Å². The molecule has 2 rings (SSSR count). The number of halogens is 1. The van der Waals surface area contributed by atoms with Crippen LogP contribution in [0.3, 0.4) is 0 Å². The molecule has 100 valence electrons. The van der Waals surface area contributed by atoms with Crippen molar-refractivity contribution in [3.63, 3.8) is 0 Å². The lowest BCUT2D eigenvalue weighted by Crippen LogP contribution is -2.39. The number of carbonyl (C=O) groups is 2. The number of fused-ring (bicyclic) bond motifs is 1. The number of aliphatic carboxylic acids is 1. The van der Waals surface area contributed by atoms with E-state index in [0.717, 1.165) is 5.52 Å². The Morgan fingerprint density at radius 3 is 2.89 bits per heavy atom. The van der Waals surface area contributed by atoms with Gasteiger partial charge in [0.1, 0.15) is 11.9 Å². The highest BCUT2D eigenvalue weighted by molar-refractivity contribution is 5.90. The fraction of sp³-hybridized carbons (Fsp3) is 0.231. The van der Waals surface area contributed by atoms with Crippen LogP contribution in [0.25, 0.3) is 10.9 Å². The van der Waals surface area contributed by atoms with Gasteiger partial charge in [0.15, 0.2) is 0 Å². The molecule has 2 aromatic rings. The highest BCUT2D eigenvalue weighted by atomic mass is 19.1. The van der Waals surface area contributed by atoms with Gasteiger partial charge in [0.2, 0.25) is 5.91 Å². The second-order valence-electron chi connectivity index (χ2n) is 4.31. The van der Waals surface area contributed by atoms with Crippen LogP contribution >= 0.6 is 0 Å². The summed E-state index contributed by atoms with van der Waals surface area (Å²) < 4.78 is 13.2. The van der Waals surface area contributed by atoms with E-state index in [9.17, 15) is 14.0 Å². The second kappa shape index (κ2) is 5.09. The van der Waals surface area contributed by atoms with Crippen LogP contribution in [0.4, 0.5) is 4.39 Å². The molecule has 0 aliphatic carbocycles. The first-order valence-electron chi connectivity index (χ1n) is 5.75. The van der Waals surface area contributed by atoms with Crippen molar-refractivity contribution >= 4 is 22.8 Å². The average molecular weight is 264 g/mol. The van der Waals surface area contributed by atoms with Gasteiger partial charge in [-0.15, -0.1) is 0 Å². The Kier molecular flexibility index (Phi) is 3.50. The van der Waals surface area contributed by atoms with Crippen LogP contribution in [0.15, 0.2) is 24.4 Å². The van der Waals surface area contributed by atoms with Gasteiger partial charge in [-0.1, -0.05) is 0 Å². The lowest BCUT2D eigenvalue weighted by Gasteiger charge is -2.08. The zero-order valence-electron chi connectivity index (χ0n) is 10.2. The van der Waals surface area contributed by atoms with Gasteiger partial charge in [-0.3, -0.25) is 9.59 Å². The predicted octanol–water partition coefficient (Wildman–Crippen LogP) is 1.44. The Balaban J connectivity index is 2.15. The second-order valence-corrected chi connectivity index (χ2v) is 4.31. The van der Waals surface area contributed by atoms with E-state index >= 15 is 0 Å². The van der Waals surface area contributed by atoms with E-state index in [4.69, 9.17) is 5.11 Å². The molecule has 19 heavy (non-hydrogen) atoms. The fourth-order valence-corrected chi connectivity index (χ4v) is 1.82. The van der Waals surface area contributed by atoms with E-state index < -0.39 is 17.9 Å². The number of carboxylic acid groups (broad SMARTS) is 1. The molecule has 1 aromatic carbocycles. The number of aromatic amines is 1. The molecule has 1 atom stereocenters. The predicted molar refractivity (Wildman–Crippen MR) is 67.2 cm³/mol. The normalized spacial score (nSPS) is 12.3. The molecule has 6 heteroatoms. The summed E-state index contributed by atoms with van der Waals surface area (Å²) in [5.74, 6) is -1.90. The number of H-pyrrole nitrogens is 1. The van der Waals surface area contributed by atoms with Gasteiger partial charge in [0, 0.05) is 17.1 Å². The number of aromatic nitrogens is 1. The fourth-order valence-electron chi connectivity index (χ4n) is 1.82. The summed E-state index contributed by atoms with van der Waals surface area (Å²) in [7, 11) is 0. The summed E-state index contributed by atoms with van der Waals surface area (Å²) in [5, 5.41) is 11.7. The summed E-state index contributed by atoms with van der Waals surface area (Å²) in [6.45, 7) is 1.38. The summed E-state index contributed by atoms with van der Waals surface area (Å²) in [6.07, 6.45) is 1.62. The van der Waals surface area contributed by atoms with Crippen molar-refractivity contribution in [3.05, 3.63) is 35.8 Å². The third-order valence-electron chi connectivity index (χ3n) is 2.83. The van der Waals surface area contributed by atoms with Gasteiger partial charge >= 0.3 is 5.97 Å². The molecule has 0 aliphatic heterocycles. The topological polar surface area (TPSA) is 82.2 Å². The molecule has 0 bridgehead atoms. The molecular weight excluding hydrogens is 251 g/mol. The number of nitrogens with one attached hydrogen (secondary N) is 2. The number of hydrogen-bond acceptors (Lipinski definition) is 2. The van der Waals surface area contributed by atoms with E-state index in [0.29, 0.717) is 10.9 Å². The molecule has 3 N–H and O–H groups in total. The molecule has 1 amide bonds. The Morgan fingerprint density at radius 2 is 2.21 bits per heavy atom. The Morgan fingerprint density at radius 1 is 1.47 bits per heavy atom. The van der Waals surface area contributed by atoms with E-state index in [-0.39, 0.29) is 12.2 Å². The molecule has 0 fully saturated rings. The summed E-state index contributed by atoms with van der Waals surface area (Å²) in [4.78, 5) is 25.2. The SMILES string of the molecule is C[C@H](NC(=O)Cc1c[nH]c2ccc(F)cc12)C(=O)O. The van der Waals surface area contributed by atoms with Crippen LogP contribution in [0, 0.1) is 5.82 Å². The van der Waals surface area contributed by atoms with Gasteiger partial charge in [-0.05, 0) is 30.7 Å². The number of carboxylic acids is 1. The summed E-state index contributed by atoms with van der Waals surface area (Å²) in [6, 6.07) is 3.31. The molecule has 5 nitrogen and oxygen atoms in total. The zero-order chi connectivity index (χ0) is 14.0. The third kappa shape index (κ3) is 2.90. The lowest BCUT2D eigenvalue weighted by molar-refractivity contribution is -0.141. The van der Waals surface area contributed by atoms with Crippen LogP contribution < -0.4 is 5.32 Å². The minimum Gasteiger partial charge on any atom is -0.480 e. The van der Waals surface area contributed by atoms with Crippen molar-refractivity contribution in [1.82, 2.24) is 10.3 Å². The standard InChI is InChI=1S/C13H13FN2O3/c1-7(13(18)19)16-12(17)4-8-6-15-11-3-2-9(14)5-10(8)11/h2-3,5-7,15H,4H2,1H3,(H,16,17)(H,18,19)/t7-/m0/s1. The first kappa shape index (κ1) is 13.1. The van der Waals surface area contributed by atoms with Crippen molar-refractivity contribution in [2.45, 2.75) is 19.4 Å². The molecule has 0 saturated carbocycles. The first-order valence-corrected chi connectivity index (χ1v) is 5.75.